The standard InChI is InChI=1S/C23H33N3O7S/c1-4-17(3)25(19-9-12-34(31,32)15-19)22(27)14-33-23(28)18-5-6-20(21(13-18)26(29)30)24-10-7-16(2)8-11-24/h5-6,13,16-17,19H,4,7-12,14-15H2,1-3H3/t17-,19-/m0/s1. The van der Waals surface area contributed by atoms with Crippen molar-refractivity contribution in [2.45, 2.75) is 58.5 Å². The Bertz CT molecular complexity index is 1030. The molecule has 0 spiro atoms. The van der Waals surface area contributed by atoms with Gasteiger partial charge in [0, 0.05) is 31.2 Å². The number of piperidine rings is 1. The molecular weight excluding hydrogens is 462 g/mol. The van der Waals surface area contributed by atoms with Crippen LogP contribution >= 0.6 is 0 Å². The van der Waals surface area contributed by atoms with Gasteiger partial charge in [-0.15, -0.1) is 0 Å². The molecule has 2 heterocycles. The summed E-state index contributed by atoms with van der Waals surface area (Å²) in [6, 6.07) is 3.57. The van der Waals surface area contributed by atoms with Gasteiger partial charge in [-0.1, -0.05) is 13.8 Å². The third kappa shape index (κ3) is 6.05. The Hall–Kier alpha value is -2.69. The van der Waals surface area contributed by atoms with Crippen molar-refractivity contribution in [2.75, 3.05) is 36.1 Å². The quantitative estimate of drug-likeness (QED) is 0.306. The van der Waals surface area contributed by atoms with Crippen molar-refractivity contribution in [1.29, 1.82) is 0 Å². The molecule has 1 aromatic carbocycles. The zero-order chi connectivity index (χ0) is 25.0. The SMILES string of the molecule is CC[C@H](C)N(C(=O)COC(=O)c1ccc(N2CCC(C)CC2)c([N+](=O)[O-])c1)[C@H]1CCS(=O)(=O)C1. The predicted octanol–water partition coefficient (Wildman–Crippen LogP) is 2.80. The first kappa shape index (κ1) is 25.9. The minimum absolute atomic E-state index is 0.00726. The van der Waals surface area contributed by atoms with Gasteiger partial charge in [-0.3, -0.25) is 14.9 Å². The number of carbonyl (C=O) groups excluding carboxylic acids is 2. The molecule has 3 rings (SSSR count). The number of anilines is 1. The summed E-state index contributed by atoms with van der Waals surface area (Å²) in [7, 11) is -3.19. The summed E-state index contributed by atoms with van der Waals surface area (Å²) >= 11 is 0. The number of sulfone groups is 1. The van der Waals surface area contributed by atoms with Crippen molar-refractivity contribution in [3.05, 3.63) is 33.9 Å². The maximum atomic E-state index is 12.9. The van der Waals surface area contributed by atoms with E-state index in [1.807, 2.05) is 18.7 Å². The van der Waals surface area contributed by atoms with E-state index in [1.54, 1.807) is 6.07 Å². The lowest BCUT2D eigenvalue weighted by atomic mass is 9.98. The number of hydrogen-bond donors (Lipinski definition) is 0. The summed E-state index contributed by atoms with van der Waals surface area (Å²) in [4.78, 5) is 40.1. The van der Waals surface area contributed by atoms with Gasteiger partial charge in [0.1, 0.15) is 5.69 Å². The number of nitro groups is 1. The van der Waals surface area contributed by atoms with Gasteiger partial charge in [0.15, 0.2) is 16.4 Å². The zero-order valence-corrected chi connectivity index (χ0v) is 20.8. The molecule has 2 atom stereocenters. The largest absolute Gasteiger partial charge is 0.452 e. The molecule has 0 saturated carbocycles. The highest BCUT2D eigenvalue weighted by molar-refractivity contribution is 7.91. The summed E-state index contributed by atoms with van der Waals surface area (Å²) in [5.41, 5.74) is 0.287. The number of amides is 1. The van der Waals surface area contributed by atoms with Crippen LogP contribution in [-0.2, 0) is 19.4 Å². The van der Waals surface area contributed by atoms with Gasteiger partial charge in [-0.05, 0) is 50.7 Å². The number of nitrogens with zero attached hydrogens (tertiary/aromatic N) is 3. The third-order valence-electron chi connectivity index (χ3n) is 6.81. The fourth-order valence-corrected chi connectivity index (χ4v) is 6.31. The summed E-state index contributed by atoms with van der Waals surface area (Å²) in [6.45, 7) is 6.74. The summed E-state index contributed by atoms with van der Waals surface area (Å²) < 4.78 is 29.0. The number of nitro benzene ring substituents is 1. The molecule has 10 nitrogen and oxygen atoms in total. The predicted molar refractivity (Wildman–Crippen MR) is 128 cm³/mol. The molecule has 0 unspecified atom stereocenters. The highest BCUT2D eigenvalue weighted by Gasteiger charge is 2.37. The van der Waals surface area contributed by atoms with Crippen molar-refractivity contribution in [3.63, 3.8) is 0 Å². The maximum absolute atomic E-state index is 12.9. The summed E-state index contributed by atoms with van der Waals surface area (Å²) in [6.07, 6.45) is 2.87. The second-order valence-corrected chi connectivity index (χ2v) is 11.6. The van der Waals surface area contributed by atoms with Crippen molar-refractivity contribution in [1.82, 2.24) is 4.90 Å². The van der Waals surface area contributed by atoms with Crippen molar-refractivity contribution in [3.8, 4) is 0 Å². The number of carbonyl (C=O) groups is 2. The monoisotopic (exact) mass is 495 g/mol. The van der Waals surface area contributed by atoms with E-state index in [0.29, 0.717) is 37.5 Å². The lowest BCUT2D eigenvalue weighted by Gasteiger charge is -2.33. The van der Waals surface area contributed by atoms with Gasteiger partial charge in [0.25, 0.3) is 11.6 Å². The highest BCUT2D eigenvalue weighted by Crippen LogP contribution is 2.32. The van der Waals surface area contributed by atoms with Gasteiger partial charge in [-0.2, -0.15) is 0 Å². The van der Waals surface area contributed by atoms with Gasteiger partial charge < -0.3 is 14.5 Å². The lowest BCUT2D eigenvalue weighted by Crippen LogP contribution is -2.48. The summed E-state index contributed by atoms with van der Waals surface area (Å²) in [5.74, 6) is -0.804. The molecule has 2 aliphatic rings. The third-order valence-corrected chi connectivity index (χ3v) is 8.56. The van der Waals surface area contributed by atoms with Crippen LogP contribution in [0.5, 0.6) is 0 Å². The van der Waals surface area contributed by atoms with E-state index in [1.165, 1.54) is 17.0 Å². The van der Waals surface area contributed by atoms with Crippen molar-refractivity contribution < 1.29 is 27.7 Å². The molecule has 2 fully saturated rings. The van der Waals surface area contributed by atoms with Crippen LogP contribution in [0, 0.1) is 16.0 Å². The Morgan fingerprint density at radius 3 is 2.50 bits per heavy atom. The van der Waals surface area contributed by atoms with E-state index in [0.717, 1.165) is 12.8 Å². The smallest absolute Gasteiger partial charge is 0.338 e. The molecule has 0 radical (unpaired) electrons. The Kier molecular flexibility index (Phi) is 8.17. The normalized spacial score (nSPS) is 21.1. The van der Waals surface area contributed by atoms with Crippen LogP contribution in [0.4, 0.5) is 11.4 Å². The van der Waals surface area contributed by atoms with Crippen LogP contribution in [0.25, 0.3) is 0 Å². The first-order chi connectivity index (χ1) is 16.0. The molecule has 0 N–H and O–H groups in total. The maximum Gasteiger partial charge on any atom is 0.338 e. The van der Waals surface area contributed by atoms with Crippen LogP contribution in [0.15, 0.2) is 18.2 Å². The number of rotatable bonds is 8. The molecule has 188 valence electrons. The average molecular weight is 496 g/mol. The van der Waals surface area contributed by atoms with Gasteiger partial charge in [0.05, 0.1) is 22.0 Å². The molecule has 2 saturated heterocycles. The fraction of sp³-hybridized carbons (Fsp3) is 0.652. The van der Waals surface area contributed by atoms with E-state index < -0.39 is 39.3 Å². The fourth-order valence-electron chi connectivity index (χ4n) is 4.60. The van der Waals surface area contributed by atoms with Crippen LogP contribution in [0.1, 0.15) is 56.8 Å². The molecule has 0 bridgehead atoms. The molecule has 0 aromatic heterocycles. The molecule has 1 aromatic rings. The van der Waals surface area contributed by atoms with E-state index >= 15 is 0 Å². The molecule has 0 aliphatic carbocycles. The molecular formula is C23H33N3O7S. The molecule has 11 heteroatoms. The Morgan fingerprint density at radius 2 is 1.94 bits per heavy atom. The Morgan fingerprint density at radius 1 is 1.26 bits per heavy atom. The van der Waals surface area contributed by atoms with E-state index in [4.69, 9.17) is 4.74 Å². The summed E-state index contributed by atoms with van der Waals surface area (Å²) in [5, 5.41) is 11.7. The average Bonchev–Trinajstić information content (AvgIpc) is 3.16. The number of ether oxygens (including phenoxy) is 1. The number of esters is 1. The van der Waals surface area contributed by atoms with Crippen LogP contribution in [-0.4, -0.2) is 73.4 Å². The van der Waals surface area contributed by atoms with Crippen molar-refractivity contribution >= 4 is 33.1 Å². The second-order valence-electron chi connectivity index (χ2n) is 9.32. The van der Waals surface area contributed by atoms with Crippen molar-refractivity contribution in [2.24, 2.45) is 5.92 Å². The number of benzene rings is 1. The molecule has 1 amide bonds. The van der Waals surface area contributed by atoms with E-state index in [-0.39, 0.29) is 28.8 Å². The minimum atomic E-state index is -3.19. The topological polar surface area (TPSA) is 127 Å². The minimum Gasteiger partial charge on any atom is -0.452 e. The van der Waals surface area contributed by atoms with E-state index in [9.17, 15) is 28.1 Å². The van der Waals surface area contributed by atoms with E-state index in [2.05, 4.69) is 6.92 Å². The first-order valence-electron chi connectivity index (χ1n) is 11.7. The van der Waals surface area contributed by atoms with Gasteiger partial charge >= 0.3 is 5.97 Å². The van der Waals surface area contributed by atoms with Gasteiger partial charge in [-0.25, -0.2) is 13.2 Å². The van der Waals surface area contributed by atoms with Crippen LogP contribution in [0.3, 0.4) is 0 Å². The zero-order valence-electron chi connectivity index (χ0n) is 19.9. The molecule has 2 aliphatic heterocycles. The first-order valence-corrected chi connectivity index (χ1v) is 13.6. The Labute approximate surface area is 200 Å². The van der Waals surface area contributed by atoms with Gasteiger partial charge in [0.2, 0.25) is 0 Å². The van der Waals surface area contributed by atoms with Crippen LogP contribution in [0.2, 0.25) is 0 Å². The lowest BCUT2D eigenvalue weighted by molar-refractivity contribution is -0.384. The van der Waals surface area contributed by atoms with Crippen LogP contribution < -0.4 is 4.90 Å². The second kappa shape index (κ2) is 10.7. The molecule has 34 heavy (non-hydrogen) atoms. The Balaban J connectivity index is 1.70. The number of hydrogen-bond acceptors (Lipinski definition) is 8. The highest BCUT2D eigenvalue weighted by atomic mass is 32.2.